The Morgan fingerprint density at radius 1 is 1.33 bits per heavy atom. The summed E-state index contributed by atoms with van der Waals surface area (Å²) in [5, 5.41) is 29.9. The molecule has 0 saturated heterocycles. The Kier molecular flexibility index (Phi) is 2.51. The van der Waals surface area contributed by atoms with Crippen LogP contribution < -0.4 is 0 Å². The Morgan fingerprint density at radius 2 is 1.87 bits per heavy atom. The molecule has 1 rings (SSSR count). The third-order valence-electron chi connectivity index (χ3n) is 1.82. The van der Waals surface area contributed by atoms with Gasteiger partial charge in [-0.2, -0.15) is 0 Å². The maximum Gasteiger partial charge on any atom is 0.323 e. The van der Waals surface area contributed by atoms with Crippen molar-refractivity contribution < 1.29 is 19.3 Å². The Bertz CT molecular complexity index is 459. The molecule has 0 aliphatic rings. The van der Waals surface area contributed by atoms with E-state index in [1.807, 2.05) is 0 Å². The van der Waals surface area contributed by atoms with Crippen LogP contribution in [0.15, 0.2) is 6.07 Å². The maximum absolute atomic E-state index is 13.0. The second kappa shape index (κ2) is 3.48. The molecule has 0 heterocycles. The van der Waals surface area contributed by atoms with E-state index in [-0.39, 0.29) is 0 Å². The van der Waals surface area contributed by atoms with Crippen LogP contribution in [-0.4, -0.2) is 15.0 Å². The summed E-state index contributed by atoms with van der Waals surface area (Å²) in [4.78, 5) is 18.6. The average Bonchev–Trinajstić information content (AvgIpc) is 2.10. The first-order valence-electron chi connectivity index (χ1n) is 3.67. The minimum absolute atomic E-state index is 0.442. The summed E-state index contributed by atoms with van der Waals surface area (Å²) in [7, 11) is 0. The maximum atomic E-state index is 13.0. The van der Waals surface area contributed by atoms with Gasteiger partial charge in [-0.1, -0.05) is 0 Å². The lowest BCUT2D eigenvalue weighted by molar-refractivity contribution is -0.396. The Morgan fingerprint density at radius 3 is 2.27 bits per heavy atom. The van der Waals surface area contributed by atoms with Crippen molar-refractivity contribution >= 4 is 11.4 Å². The molecule has 0 fully saturated rings. The fourth-order valence-electron chi connectivity index (χ4n) is 1.07. The second-order valence-electron chi connectivity index (χ2n) is 2.71. The molecular formula is C7H5FN2O5. The fraction of sp³-hybridized carbons (Fsp3) is 0.143. The molecule has 7 nitrogen and oxygen atoms in total. The minimum Gasteiger partial charge on any atom is -0.497 e. The van der Waals surface area contributed by atoms with Gasteiger partial charge >= 0.3 is 11.4 Å². The van der Waals surface area contributed by atoms with Crippen LogP contribution in [-0.2, 0) is 0 Å². The number of halogens is 1. The van der Waals surface area contributed by atoms with Crippen molar-refractivity contribution in [3.05, 3.63) is 37.7 Å². The summed E-state index contributed by atoms with van der Waals surface area (Å²) < 4.78 is 13.0. The van der Waals surface area contributed by atoms with Gasteiger partial charge in [0.15, 0.2) is 0 Å². The van der Waals surface area contributed by atoms with Crippen molar-refractivity contribution in [2.24, 2.45) is 0 Å². The molecule has 0 radical (unpaired) electrons. The van der Waals surface area contributed by atoms with Gasteiger partial charge in [-0.15, -0.1) is 0 Å². The number of phenols is 1. The zero-order valence-corrected chi connectivity index (χ0v) is 7.43. The molecule has 1 aromatic rings. The smallest absolute Gasteiger partial charge is 0.323 e. The van der Waals surface area contributed by atoms with E-state index in [0.717, 1.165) is 6.92 Å². The van der Waals surface area contributed by atoms with Crippen LogP contribution in [0, 0.1) is 33.0 Å². The highest BCUT2D eigenvalue weighted by atomic mass is 19.1. The molecule has 1 aromatic carbocycles. The molecule has 1 N–H and O–H groups in total. The van der Waals surface area contributed by atoms with Gasteiger partial charge in [-0.25, -0.2) is 4.39 Å². The van der Waals surface area contributed by atoms with E-state index in [4.69, 9.17) is 0 Å². The summed E-state index contributed by atoms with van der Waals surface area (Å²) >= 11 is 0. The highest BCUT2D eigenvalue weighted by Crippen LogP contribution is 2.39. The van der Waals surface area contributed by atoms with Crippen molar-refractivity contribution in [1.82, 2.24) is 0 Å². The Labute approximate surface area is 82.1 Å². The number of nitro groups is 2. The predicted octanol–water partition coefficient (Wildman–Crippen LogP) is 1.66. The quantitative estimate of drug-likeness (QED) is 0.597. The Hall–Kier alpha value is -2.25. The summed E-state index contributed by atoms with van der Waals surface area (Å²) in [6.45, 7) is 1.05. The van der Waals surface area contributed by atoms with Gasteiger partial charge in [0.05, 0.1) is 21.5 Å². The molecule has 0 aliphatic carbocycles. The Balaban J connectivity index is 3.63. The van der Waals surface area contributed by atoms with Crippen molar-refractivity contribution in [1.29, 1.82) is 0 Å². The largest absolute Gasteiger partial charge is 0.497 e. The molecule has 0 aromatic heterocycles. The standard InChI is InChI=1S/C7H5FN2O5/c1-3-4(8)2-5(9(12)13)7(11)6(3)10(14)15/h2,11H,1H3. The van der Waals surface area contributed by atoms with Crippen molar-refractivity contribution in [3.63, 3.8) is 0 Å². The van der Waals surface area contributed by atoms with Crippen LogP contribution in [0.3, 0.4) is 0 Å². The lowest BCUT2D eigenvalue weighted by Crippen LogP contribution is -1.99. The molecule has 80 valence electrons. The second-order valence-corrected chi connectivity index (χ2v) is 2.71. The van der Waals surface area contributed by atoms with Crippen LogP contribution in [0.5, 0.6) is 5.75 Å². The van der Waals surface area contributed by atoms with Gasteiger partial charge in [0.25, 0.3) is 5.75 Å². The first-order valence-corrected chi connectivity index (χ1v) is 3.67. The molecule has 0 saturated carbocycles. The van der Waals surface area contributed by atoms with Crippen molar-refractivity contribution in [2.75, 3.05) is 0 Å². The van der Waals surface area contributed by atoms with Gasteiger partial charge in [0, 0.05) is 0 Å². The highest BCUT2D eigenvalue weighted by molar-refractivity contribution is 5.63. The van der Waals surface area contributed by atoms with Gasteiger partial charge in [0.2, 0.25) is 0 Å². The van der Waals surface area contributed by atoms with Crippen LogP contribution in [0.4, 0.5) is 15.8 Å². The predicted molar refractivity (Wildman–Crippen MR) is 46.1 cm³/mol. The van der Waals surface area contributed by atoms with Crippen LogP contribution in [0.25, 0.3) is 0 Å². The molecule has 0 atom stereocenters. The molecule has 15 heavy (non-hydrogen) atoms. The summed E-state index contributed by atoms with van der Waals surface area (Å²) in [5.41, 5.74) is -2.45. The molecular weight excluding hydrogens is 211 g/mol. The van der Waals surface area contributed by atoms with E-state index < -0.39 is 38.4 Å². The first kappa shape index (κ1) is 10.8. The third kappa shape index (κ3) is 1.68. The number of aromatic hydroxyl groups is 1. The molecule has 0 aliphatic heterocycles. The van der Waals surface area contributed by atoms with Gasteiger partial charge in [-0.05, 0) is 6.92 Å². The zero-order valence-electron chi connectivity index (χ0n) is 7.43. The summed E-state index contributed by atoms with van der Waals surface area (Å²) in [5.74, 6) is -2.24. The number of benzene rings is 1. The fourth-order valence-corrected chi connectivity index (χ4v) is 1.07. The minimum atomic E-state index is -1.14. The SMILES string of the molecule is Cc1c(F)cc([N+](=O)[O-])c(O)c1[N+](=O)[O-]. The zero-order chi connectivity index (χ0) is 11.7. The average molecular weight is 216 g/mol. The molecule has 0 amide bonds. The summed E-state index contributed by atoms with van der Waals surface area (Å²) in [6.07, 6.45) is 0. The topological polar surface area (TPSA) is 107 Å². The molecule has 8 heteroatoms. The first-order chi connectivity index (χ1) is 6.86. The van der Waals surface area contributed by atoms with E-state index in [0.29, 0.717) is 6.07 Å². The van der Waals surface area contributed by atoms with E-state index in [1.54, 1.807) is 0 Å². The van der Waals surface area contributed by atoms with Crippen LogP contribution in [0.2, 0.25) is 0 Å². The third-order valence-corrected chi connectivity index (χ3v) is 1.82. The van der Waals surface area contributed by atoms with E-state index in [1.165, 1.54) is 0 Å². The number of nitrogens with zero attached hydrogens (tertiary/aromatic N) is 2. The lowest BCUT2D eigenvalue weighted by atomic mass is 10.1. The number of nitro benzene ring substituents is 2. The monoisotopic (exact) mass is 216 g/mol. The van der Waals surface area contributed by atoms with Crippen molar-refractivity contribution in [3.8, 4) is 5.75 Å². The van der Waals surface area contributed by atoms with Crippen molar-refractivity contribution in [2.45, 2.75) is 6.92 Å². The van der Waals surface area contributed by atoms with Gasteiger partial charge < -0.3 is 5.11 Å². The number of phenolic OH excluding ortho intramolecular Hbond substituents is 1. The summed E-state index contributed by atoms with van der Waals surface area (Å²) in [6, 6.07) is 0.442. The number of rotatable bonds is 2. The number of hydrogen-bond donors (Lipinski definition) is 1. The van der Waals surface area contributed by atoms with Crippen LogP contribution in [0.1, 0.15) is 5.56 Å². The van der Waals surface area contributed by atoms with E-state index in [2.05, 4.69) is 0 Å². The van der Waals surface area contributed by atoms with Gasteiger partial charge in [-0.3, -0.25) is 20.2 Å². The molecule has 0 bridgehead atoms. The number of hydrogen-bond acceptors (Lipinski definition) is 5. The normalized spacial score (nSPS) is 10.0. The van der Waals surface area contributed by atoms with Crippen LogP contribution >= 0.6 is 0 Å². The highest BCUT2D eigenvalue weighted by Gasteiger charge is 2.30. The van der Waals surface area contributed by atoms with E-state index >= 15 is 0 Å². The van der Waals surface area contributed by atoms with Gasteiger partial charge in [0.1, 0.15) is 5.82 Å². The molecule has 0 unspecified atom stereocenters. The van der Waals surface area contributed by atoms with E-state index in [9.17, 15) is 29.7 Å². The lowest BCUT2D eigenvalue weighted by Gasteiger charge is -2.01. The molecule has 0 spiro atoms.